The summed E-state index contributed by atoms with van der Waals surface area (Å²) in [6.07, 6.45) is 2.92. The van der Waals surface area contributed by atoms with Gasteiger partial charge in [0.05, 0.1) is 5.75 Å². The average molecular weight is 435 g/mol. The minimum atomic E-state index is -3.44. The molecule has 2 aromatic rings. The molecule has 3 rings (SSSR count). The van der Waals surface area contributed by atoms with Crippen molar-refractivity contribution in [2.24, 2.45) is 5.92 Å². The highest BCUT2D eigenvalue weighted by atomic mass is 35.5. The van der Waals surface area contributed by atoms with E-state index in [0.29, 0.717) is 43.1 Å². The SMILES string of the molecule is O=C(NCCCc1ccccc1)C1CCN(S(=O)(=O)Cc2ccccc2Cl)CC1. The van der Waals surface area contributed by atoms with Crippen molar-refractivity contribution in [2.75, 3.05) is 19.6 Å². The number of hydrogen-bond acceptors (Lipinski definition) is 3. The Morgan fingerprint density at radius 2 is 1.69 bits per heavy atom. The van der Waals surface area contributed by atoms with Crippen molar-refractivity contribution in [3.63, 3.8) is 0 Å². The van der Waals surface area contributed by atoms with Crippen molar-refractivity contribution in [1.29, 1.82) is 0 Å². The zero-order valence-electron chi connectivity index (χ0n) is 16.4. The van der Waals surface area contributed by atoms with Gasteiger partial charge in [-0.1, -0.05) is 60.1 Å². The molecule has 1 fully saturated rings. The number of carbonyl (C=O) groups is 1. The van der Waals surface area contributed by atoms with Crippen LogP contribution < -0.4 is 5.32 Å². The van der Waals surface area contributed by atoms with Crippen LogP contribution in [-0.2, 0) is 27.0 Å². The number of hydrogen-bond donors (Lipinski definition) is 1. The summed E-state index contributed by atoms with van der Waals surface area (Å²) in [5, 5.41) is 3.46. The molecule has 1 saturated heterocycles. The van der Waals surface area contributed by atoms with E-state index in [4.69, 9.17) is 11.6 Å². The number of nitrogens with zero attached hydrogens (tertiary/aromatic N) is 1. The Balaban J connectivity index is 1.42. The summed E-state index contributed by atoms with van der Waals surface area (Å²) in [7, 11) is -3.44. The number of benzene rings is 2. The molecule has 1 N–H and O–H groups in total. The predicted molar refractivity (Wildman–Crippen MR) is 116 cm³/mol. The van der Waals surface area contributed by atoms with Crippen LogP contribution in [-0.4, -0.2) is 38.3 Å². The number of rotatable bonds is 8. The summed E-state index contributed by atoms with van der Waals surface area (Å²) in [6.45, 7) is 1.38. The van der Waals surface area contributed by atoms with Crippen molar-refractivity contribution in [1.82, 2.24) is 9.62 Å². The lowest BCUT2D eigenvalue weighted by molar-refractivity contribution is -0.126. The number of amides is 1. The zero-order valence-corrected chi connectivity index (χ0v) is 18.0. The third-order valence-corrected chi connectivity index (χ3v) is 7.49. The van der Waals surface area contributed by atoms with Gasteiger partial charge < -0.3 is 5.32 Å². The summed E-state index contributed by atoms with van der Waals surface area (Å²) in [6, 6.07) is 17.2. The Morgan fingerprint density at radius 1 is 1.03 bits per heavy atom. The van der Waals surface area contributed by atoms with Gasteiger partial charge >= 0.3 is 0 Å². The molecule has 2 aromatic carbocycles. The quantitative estimate of drug-likeness (QED) is 0.645. The third-order valence-electron chi connectivity index (χ3n) is 5.30. The van der Waals surface area contributed by atoms with E-state index in [1.54, 1.807) is 24.3 Å². The van der Waals surface area contributed by atoms with Crippen LogP contribution in [0.2, 0.25) is 5.02 Å². The Bertz CT molecular complexity index is 911. The number of halogens is 1. The number of nitrogens with one attached hydrogen (secondary N) is 1. The fourth-order valence-electron chi connectivity index (χ4n) is 3.59. The van der Waals surface area contributed by atoms with Gasteiger partial charge in [0.15, 0.2) is 0 Å². The maximum absolute atomic E-state index is 12.7. The first-order valence-electron chi connectivity index (χ1n) is 9.98. The van der Waals surface area contributed by atoms with Gasteiger partial charge in [0, 0.05) is 30.6 Å². The molecule has 5 nitrogen and oxygen atoms in total. The van der Waals surface area contributed by atoms with E-state index in [1.165, 1.54) is 9.87 Å². The summed E-state index contributed by atoms with van der Waals surface area (Å²) < 4.78 is 26.9. The van der Waals surface area contributed by atoms with Crippen LogP contribution in [0.5, 0.6) is 0 Å². The fraction of sp³-hybridized carbons (Fsp3) is 0.409. The molecule has 0 saturated carbocycles. The molecule has 0 bridgehead atoms. The van der Waals surface area contributed by atoms with Crippen molar-refractivity contribution in [3.8, 4) is 0 Å². The van der Waals surface area contributed by atoms with E-state index in [1.807, 2.05) is 18.2 Å². The van der Waals surface area contributed by atoms with Gasteiger partial charge in [0.2, 0.25) is 15.9 Å². The maximum Gasteiger partial charge on any atom is 0.223 e. The molecule has 0 radical (unpaired) electrons. The molecule has 1 amide bonds. The first-order chi connectivity index (χ1) is 14.0. The van der Waals surface area contributed by atoms with E-state index in [-0.39, 0.29) is 17.6 Å². The number of sulfonamides is 1. The van der Waals surface area contributed by atoms with E-state index in [2.05, 4.69) is 17.4 Å². The highest BCUT2D eigenvalue weighted by Crippen LogP contribution is 2.24. The molecule has 7 heteroatoms. The zero-order chi connectivity index (χ0) is 20.7. The first-order valence-corrected chi connectivity index (χ1v) is 12.0. The van der Waals surface area contributed by atoms with Gasteiger partial charge in [-0.25, -0.2) is 12.7 Å². The van der Waals surface area contributed by atoms with Gasteiger partial charge in [-0.3, -0.25) is 4.79 Å². The normalized spacial score (nSPS) is 15.9. The highest BCUT2D eigenvalue weighted by molar-refractivity contribution is 7.88. The van der Waals surface area contributed by atoms with Crippen molar-refractivity contribution >= 4 is 27.5 Å². The van der Waals surface area contributed by atoms with Crippen LogP contribution in [0, 0.1) is 5.92 Å². The summed E-state index contributed by atoms with van der Waals surface area (Å²) in [4.78, 5) is 12.4. The molecule has 1 aliphatic heterocycles. The number of carbonyl (C=O) groups excluding carboxylic acids is 1. The van der Waals surface area contributed by atoms with Crippen molar-refractivity contribution < 1.29 is 13.2 Å². The summed E-state index contributed by atoms with van der Waals surface area (Å²) >= 11 is 6.10. The lowest BCUT2D eigenvalue weighted by Crippen LogP contribution is -2.43. The average Bonchev–Trinajstić information content (AvgIpc) is 2.73. The van der Waals surface area contributed by atoms with Crippen LogP contribution in [0.25, 0.3) is 0 Å². The second kappa shape index (κ2) is 10.2. The molecule has 1 heterocycles. The van der Waals surface area contributed by atoms with Gasteiger partial charge in [0.25, 0.3) is 0 Å². The molecule has 1 aliphatic rings. The van der Waals surface area contributed by atoms with Crippen LogP contribution in [0.4, 0.5) is 0 Å². The minimum absolute atomic E-state index is 0.0289. The Kier molecular flexibility index (Phi) is 7.70. The summed E-state index contributed by atoms with van der Waals surface area (Å²) in [5.41, 5.74) is 1.87. The standard InChI is InChI=1S/C22H27ClN2O3S/c23-21-11-5-4-10-20(21)17-29(27,28)25-15-12-19(13-16-25)22(26)24-14-6-9-18-7-2-1-3-8-18/h1-5,7-8,10-11,19H,6,9,12-17H2,(H,24,26). The monoisotopic (exact) mass is 434 g/mol. The van der Waals surface area contributed by atoms with Gasteiger partial charge in [0.1, 0.15) is 0 Å². The fourth-order valence-corrected chi connectivity index (χ4v) is 5.47. The molecule has 0 spiro atoms. The Hall–Kier alpha value is -1.89. The van der Waals surface area contributed by atoms with Crippen LogP contribution in [0.1, 0.15) is 30.4 Å². The van der Waals surface area contributed by atoms with E-state index in [0.717, 1.165) is 12.8 Å². The number of aryl methyl sites for hydroxylation is 1. The molecule has 0 aliphatic carbocycles. The lowest BCUT2D eigenvalue weighted by Gasteiger charge is -2.30. The molecule has 0 unspecified atom stereocenters. The number of piperidine rings is 1. The van der Waals surface area contributed by atoms with Crippen LogP contribution in [0.3, 0.4) is 0 Å². The Labute approximate surface area is 178 Å². The van der Waals surface area contributed by atoms with Crippen LogP contribution in [0.15, 0.2) is 54.6 Å². The van der Waals surface area contributed by atoms with Gasteiger partial charge in [-0.15, -0.1) is 0 Å². The van der Waals surface area contributed by atoms with Gasteiger partial charge in [-0.05, 0) is 42.9 Å². The molecule has 0 atom stereocenters. The van der Waals surface area contributed by atoms with E-state index < -0.39 is 10.0 Å². The highest BCUT2D eigenvalue weighted by Gasteiger charge is 2.31. The smallest absolute Gasteiger partial charge is 0.223 e. The lowest BCUT2D eigenvalue weighted by atomic mass is 9.97. The van der Waals surface area contributed by atoms with E-state index in [9.17, 15) is 13.2 Å². The topological polar surface area (TPSA) is 66.5 Å². The Morgan fingerprint density at radius 3 is 2.38 bits per heavy atom. The molecular formula is C22H27ClN2O3S. The predicted octanol–water partition coefficient (Wildman–Crippen LogP) is 3.63. The molecule has 29 heavy (non-hydrogen) atoms. The maximum atomic E-state index is 12.7. The van der Waals surface area contributed by atoms with Crippen molar-refractivity contribution in [3.05, 3.63) is 70.7 Å². The second-order valence-electron chi connectivity index (χ2n) is 7.40. The molecule has 156 valence electrons. The third kappa shape index (κ3) is 6.29. The molecular weight excluding hydrogens is 408 g/mol. The minimum Gasteiger partial charge on any atom is -0.356 e. The van der Waals surface area contributed by atoms with Gasteiger partial charge in [-0.2, -0.15) is 0 Å². The second-order valence-corrected chi connectivity index (χ2v) is 9.78. The van der Waals surface area contributed by atoms with Crippen molar-refractivity contribution in [2.45, 2.75) is 31.4 Å². The largest absolute Gasteiger partial charge is 0.356 e. The molecule has 0 aromatic heterocycles. The first kappa shape index (κ1) is 21.8. The van der Waals surface area contributed by atoms with Crippen LogP contribution >= 0.6 is 11.6 Å². The van der Waals surface area contributed by atoms with E-state index >= 15 is 0 Å². The summed E-state index contributed by atoms with van der Waals surface area (Å²) in [5.74, 6) is -0.206.